The van der Waals surface area contributed by atoms with Crippen LogP contribution in [0.3, 0.4) is 0 Å². The van der Waals surface area contributed by atoms with E-state index in [1.54, 1.807) is 24.3 Å². The zero-order chi connectivity index (χ0) is 13.3. The van der Waals surface area contributed by atoms with Crippen molar-refractivity contribution in [2.45, 2.75) is 12.1 Å². The van der Waals surface area contributed by atoms with Gasteiger partial charge in [0.25, 0.3) is 0 Å². The number of nitrogens with zero attached hydrogens (tertiary/aromatic N) is 2. The van der Waals surface area contributed by atoms with E-state index in [1.165, 1.54) is 0 Å². The summed E-state index contributed by atoms with van der Waals surface area (Å²) in [7, 11) is 0. The zero-order valence-corrected chi connectivity index (χ0v) is 11.2. The monoisotopic (exact) mass is 338 g/mol. The van der Waals surface area contributed by atoms with Crippen LogP contribution in [0.5, 0.6) is 0 Å². The Labute approximate surface area is 114 Å². The zero-order valence-electron chi connectivity index (χ0n) is 8.88. The molecule has 0 unspecified atom stereocenters. The minimum Gasteiger partial charge on any atom is -0.227 e. The lowest BCUT2D eigenvalue weighted by Gasteiger charge is -2.13. The number of rotatable bonds is 2. The first-order chi connectivity index (χ1) is 8.45. The Morgan fingerprint density at radius 3 is 2.50 bits per heavy atom. The van der Waals surface area contributed by atoms with Crippen molar-refractivity contribution in [3.05, 3.63) is 46.2 Å². The highest BCUT2D eigenvalue weighted by Crippen LogP contribution is 2.35. The fraction of sp³-hybridized carbons (Fsp3) is 0.182. The molecule has 0 bridgehead atoms. The first-order valence-corrected chi connectivity index (χ1v) is 6.23. The first-order valence-electron chi connectivity index (χ1n) is 4.90. The van der Waals surface area contributed by atoms with Gasteiger partial charge in [0.2, 0.25) is 0 Å². The van der Waals surface area contributed by atoms with Gasteiger partial charge < -0.3 is 0 Å². The van der Waals surface area contributed by atoms with Crippen molar-refractivity contribution < 1.29 is 13.2 Å². The molecular weight excluding hydrogens is 332 g/mol. The summed E-state index contributed by atoms with van der Waals surface area (Å²) in [6.45, 7) is 0. The second-order valence-electron chi connectivity index (χ2n) is 3.51. The van der Waals surface area contributed by atoms with Gasteiger partial charge >= 0.3 is 6.18 Å². The number of hydrogen-bond acceptors (Lipinski definition) is 1. The lowest BCUT2D eigenvalue weighted by molar-refractivity contribution is -0.143. The topological polar surface area (TPSA) is 17.8 Å². The summed E-state index contributed by atoms with van der Waals surface area (Å²) in [5.41, 5.74) is -0.564. The van der Waals surface area contributed by atoms with Crippen molar-refractivity contribution in [2.24, 2.45) is 0 Å². The molecule has 18 heavy (non-hydrogen) atoms. The van der Waals surface area contributed by atoms with Gasteiger partial charge in [-0.25, -0.2) is 4.68 Å². The molecule has 0 N–H and O–H groups in total. The van der Waals surface area contributed by atoms with E-state index >= 15 is 0 Å². The Balaban J connectivity index is 2.66. The summed E-state index contributed by atoms with van der Waals surface area (Å²) in [4.78, 5) is 0. The maximum absolute atomic E-state index is 13.0. The number of benzene rings is 1. The van der Waals surface area contributed by atoms with Crippen molar-refractivity contribution in [3.8, 4) is 5.69 Å². The number of hydrogen-bond donors (Lipinski definition) is 0. The van der Waals surface area contributed by atoms with E-state index in [2.05, 4.69) is 21.0 Å². The molecule has 0 radical (unpaired) electrons. The molecule has 0 saturated heterocycles. The van der Waals surface area contributed by atoms with Crippen LogP contribution in [-0.2, 0) is 12.1 Å². The van der Waals surface area contributed by atoms with Crippen molar-refractivity contribution in [3.63, 3.8) is 0 Å². The molecule has 0 atom stereocenters. The molecule has 96 valence electrons. The van der Waals surface area contributed by atoms with E-state index in [9.17, 15) is 13.2 Å². The Kier molecular flexibility index (Phi) is 3.68. The minimum atomic E-state index is -4.50. The molecule has 2 nitrogen and oxygen atoms in total. The van der Waals surface area contributed by atoms with Crippen molar-refractivity contribution in [1.82, 2.24) is 9.78 Å². The smallest absolute Gasteiger partial charge is 0.227 e. The van der Waals surface area contributed by atoms with Crippen LogP contribution in [-0.4, -0.2) is 9.78 Å². The van der Waals surface area contributed by atoms with Gasteiger partial charge in [-0.1, -0.05) is 12.1 Å². The van der Waals surface area contributed by atoms with Gasteiger partial charge in [0, 0.05) is 10.0 Å². The molecule has 2 aromatic rings. The van der Waals surface area contributed by atoms with Gasteiger partial charge in [0.1, 0.15) is 0 Å². The molecule has 0 spiro atoms. The highest BCUT2D eigenvalue weighted by Gasteiger charge is 2.38. The highest BCUT2D eigenvalue weighted by atomic mass is 79.9. The summed E-state index contributed by atoms with van der Waals surface area (Å²) in [5.74, 6) is -0.237. The van der Waals surface area contributed by atoms with Crippen LogP contribution in [0, 0.1) is 0 Å². The van der Waals surface area contributed by atoms with Crippen LogP contribution in [0.2, 0.25) is 0 Å². The van der Waals surface area contributed by atoms with Gasteiger partial charge in [0.15, 0.2) is 5.69 Å². The number of aromatic nitrogens is 2. The van der Waals surface area contributed by atoms with E-state index in [4.69, 9.17) is 11.6 Å². The third-order valence-electron chi connectivity index (χ3n) is 2.34. The maximum Gasteiger partial charge on any atom is 0.433 e. The number of alkyl halides is 4. The summed E-state index contributed by atoms with van der Waals surface area (Å²) in [6, 6.07) is 6.55. The van der Waals surface area contributed by atoms with Crippen LogP contribution in [0.15, 0.2) is 34.9 Å². The molecule has 0 aliphatic carbocycles. The van der Waals surface area contributed by atoms with Crippen molar-refractivity contribution >= 4 is 27.5 Å². The molecule has 1 heterocycles. The van der Waals surface area contributed by atoms with E-state index < -0.39 is 11.9 Å². The Bertz CT molecular complexity index is 566. The molecule has 2 rings (SSSR count). The van der Waals surface area contributed by atoms with Crippen LogP contribution < -0.4 is 0 Å². The predicted octanol–water partition coefficient (Wildman–Crippen LogP) is 4.39. The summed E-state index contributed by atoms with van der Waals surface area (Å²) >= 11 is 8.72. The van der Waals surface area contributed by atoms with Crippen molar-refractivity contribution in [2.75, 3.05) is 0 Å². The SMILES string of the molecule is FC(F)(F)c1c(CCl)cnn1-c1ccccc1Br. The molecule has 1 aromatic heterocycles. The first kappa shape index (κ1) is 13.4. The number of para-hydroxylation sites is 1. The highest BCUT2D eigenvalue weighted by molar-refractivity contribution is 9.10. The van der Waals surface area contributed by atoms with Gasteiger partial charge in [0.05, 0.1) is 17.8 Å². The summed E-state index contributed by atoms with van der Waals surface area (Å²) in [6.07, 6.45) is -3.37. The molecule has 1 aromatic carbocycles. The lowest BCUT2D eigenvalue weighted by atomic mass is 10.2. The molecule has 0 saturated carbocycles. The molecule has 0 aliphatic rings. The standard InChI is InChI=1S/C11H7BrClF3N2/c12-8-3-1-2-4-9(8)18-10(11(14,15)16)7(5-13)6-17-18/h1-4,6H,5H2. The fourth-order valence-electron chi connectivity index (χ4n) is 1.59. The Hall–Kier alpha value is -1.01. The average Bonchev–Trinajstić information content (AvgIpc) is 2.73. The van der Waals surface area contributed by atoms with Gasteiger partial charge in [-0.15, -0.1) is 11.6 Å². The quantitative estimate of drug-likeness (QED) is 0.742. The van der Waals surface area contributed by atoms with E-state index in [0.29, 0.717) is 10.2 Å². The van der Waals surface area contributed by atoms with E-state index in [1.807, 2.05) is 0 Å². The fourth-order valence-corrected chi connectivity index (χ4v) is 2.24. The Morgan fingerprint density at radius 1 is 1.28 bits per heavy atom. The third-order valence-corrected chi connectivity index (χ3v) is 3.30. The van der Waals surface area contributed by atoms with Crippen LogP contribution in [0.1, 0.15) is 11.3 Å². The summed E-state index contributed by atoms with van der Waals surface area (Å²) in [5, 5.41) is 3.77. The molecule has 0 aliphatic heterocycles. The number of halogens is 5. The second-order valence-corrected chi connectivity index (χ2v) is 4.63. The van der Waals surface area contributed by atoms with E-state index in [0.717, 1.165) is 10.9 Å². The maximum atomic E-state index is 13.0. The largest absolute Gasteiger partial charge is 0.433 e. The third kappa shape index (κ3) is 2.40. The molecular formula is C11H7BrClF3N2. The van der Waals surface area contributed by atoms with Crippen LogP contribution in [0.25, 0.3) is 5.69 Å². The van der Waals surface area contributed by atoms with E-state index in [-0.39, 0.29) is 11.4 Å². The predicted molar refractivity (Wildman–Crippen MR) is 65.8 cm³/mol. The van der Waals surface area contributed by atoms with Gasteiger partial charge in [-0.2, -0.15) is 18.3 Å². The van der Waals surface area contributed by atoms with Gasteiger partial charge in [-0.05, 0) is 28.1 Å². The normalized spacial score (nSPS) is 11.8. The van der Waals surface area contributed by atoms with Crippen LogP contribution in [0.4, 0.5) is 13.2 Å². The molecule has 7 heteroatoms. The molecule has 0 amide bonds. The van der Waals surface area contributed by atoms with Crippen molar-refractivity contribution in [1.29, 1.82) is 0 Å². The Morgan fingerprint density at radius 2 is 1.94 bits per heavy atom. The summed E-state index contributed by atoms with van der Waals surface area (Å²) < 4.78 is 40.4. The second kappa shape index (κ2) is 4.93. The van der Waals surface area contributed by atoms with Crippen LogP contribution >= 0.6 is 27.5 Å². The minimum absolute atomic E-state index is 0.0417. The lowest BCUT2D eigenvalue weighted by Crippen LogP contribution is -2.15. The van der Waals surface area contributed by atoms with Gasteiger partial charge in [-0.3, -0.25) is 0 Å². The molecule has 0 fully saturated rings. The average molecular weight is 340 g/mol.